The topological polar surface area (TPSA) is 78.4 Å². The Bertz CT molecular complexity index is 562. The van der Waals surface area contributed by atoms with Gasteiger partial charge in [-0.2, -0.15) is 0 Å². The van der Waals surface area contributed by atoms with Gasteiger partial charge in [0.15, 0.2) is 0 Å². The van der Waals surface area contributed by atoms with Gasteiger partial charge >= 0.3 is 0 Å². The summed E-state index contributed by atoms with van der Waals surface area (Å²) >= 11 is 0. The number of hydrogen-bond acceptors (Lipinski definition) is 4. The summed E-state index contributed by atoms with van der Waals surface area (Å²) in [5, 5.41) is 12.7. The quantitative estimate of drug-likeness (QED) is 0.739. The zero-order valence-electron chi connectivity index (χ0n) is 10.6. The Labute approximate surface area is 111 Å². The second kappa shape index (κ2) is 5.54. The molecule has 1 aromatic carbocycles. The molecular formula is C12H17FN2O3S. The van der Waals surface area contributed by atoms with Crippen molar-refractivity contribution >= 4 is 10.0 Å². The van der Waals surface area contributed by atoms with Gasteiger partial charge in [-0.1, -0.05) is 6.07 Å². The van der Waals surface area contributed by atoms with Gasteiger partial charge in [0.25, 0.3) is 0 Å². The fourth-order valence-electron chi connectivity index (χ4n) is 2.11. The van der Waals surface area contributed by atoms with Gasteiger partial charge in [0.2, 0.25) is 10.0 Å². The molecule has 1 saturated heterocycles. The number of nitrogens with one attached hydrogen (secondary N) is 2. The van der Waals surface area contributed by atoms with Crippen molar-refractivity contribution in [2.24, 2.45) is 0 Å². The molecule has 0 unspecified atom stereocenters. The van der Waals surface area contributed by atoms with Gasteiger partial charge in [0, 0.05) is 6.54 Å². The van der Waals surface area contributed by atoms with E-state index in [1.54, 1.807) is 6.92 Å². The van der Waals surface area contributed by atoms with Crippen molar-refractivity contribution in [1.29, 1.82) is 0 Å². The molecule has 0 spiro atoms. The van der Waals surface area contributed by atoms with Gasteiger partial charge < -0.3 is 10.4 Å². The Morgan fingerprint density at radius 3 is 2.89 bits per heavy atom. The van der Waals surface area contributed by atoms with Crippen LogP contribution in [0.15, 0.2) is 23.1 Å². The molecule has 0 radical (unpaired) electrons. The van der Waals surface area contributed by atoms with Crippen LogP contribution in [0.1, 0.15) is 12.0 Å². The molecule has 1 aromatic rings. The van der Waals surface area contributed by atoms with Crippen LogP contribution < -0.4 is 10.0 Å². The largest absolute Gasteiger partial charge is 0.390 e. The van der Waals surface area contributed by atoms with E-state index in [0.717, 1.165) is 6.07 Å². The van der Waals surface area contributed by atoms with E-state index in [1.165, 1.54) is 12.1 Å². The Kier molecular flexibility index (Phi) is 4.19. The lowest BCUT2D eigenvalue weighted by Crippen LogP contribution is -2.52. The van der Waals surface area contributed by atoms with Crippen LogP contribution in [0, 0.1) is 12.7 Å². The van der Waals surface area contributed by atoms with E-state index in [0.29, 0.717) is 25.1 Å². The molecule has 2 atom stereocenters. The summed E-state index contributed by atoms with van der Waals surface area (Å²) in [7, 11) is -3.82. The van der Waals surface area contributed by atoms with Crippen LogP contribution in [0.3, 0.4) is 0 Å². The molecule has 1 aliphatic heterocycles. The molecule has 3 N–H and O–H groups in total. The molecule has 1 aliphatic rings. The normalized spacial score (nSPS) is 24.4. The fourth-order valence-corrected chi connectivity index (χ4v) is 3.67. The molecule has 0 aromatic heterocycles. The van der Waals surface area contributed by atoms with Crippen molar-refractivity contribution < 1.29 is 17.9 Å². The van der Waals surface area contributed by atoms with Crippen LogP contribution in [-0.2, 0) is 10.0 Å². The highest BCUT2D eigenvalue weighted by atomic mass is 32.2. The summed E-state index contributed by atoms with van der Waals surface area (Å²) in [4.78, 5) is -0.0850. The third-order valence-corrected chi connectivity index (χ3v) is 4.83. The molecular weight excluding hydrogens is 271 g/mol. The summed E-state index contributed by atoms with van der Waals surface area (Å²) in [5.74, 6) is -0.600. The smallest absolute Gasteiger partial charge is 0.241 e. The van der Waals surface area contributed by atoms with Crippen LogP contribution in [-0.4, -0.2) is 38.8 Å². The highest BCUT2D eigenvalue weighted by Crippen LogP contribution is 2.18. The summed E-state index contributed by atoms with van der Waals surface area (Å²) in [6.07, 6.45) is -0.285. The number of aliphatic hydroxyl groups excluding tert-OH is 1. The first-order valence-corrected chi connectivity index (χ1v) is 7.56. The Hall–Kier alpha value is -1.02. The van der Waals surface area contributed by atoms with Crippen LogP contribution in [0.4, 0.5) is 4.39 Å². The number of aryl methyl sites for hydroxylation is 1. The Balaban J connectivity index is 2.24. The van der Waals surface area contributed by atoms with E-state index < -0.39 is 28.0 Å². The lowest BCUT2D eigenvalue weighted by atomic mass is 10.1. The van der Waals surface area contributed by atoms with Gasteiger partial charge in [-0.15, -0.1) is 0 Å². The van der Waals surface area contributed by atoms with Crippen molar-refractivity contribution in [2.75, 3.05) is 13.1 Å². The van der Waals surface area contributed by atoms with Crippen LogP contribution in [0.2, 0.25) is 0 Å². The first-order valence-electron chi connectivity index (χ1n) is 6.07. The number of rotatable bonds is 3. The minimum absolute atomic E-state index is 0.0850. The SMILES string of the molecule is Cc1ccc(F)cc1S(=O)(=O)N[C@@H]1CCNC[C@H]1O. The zero-order chi connectivity index (χ0) is 14.0. The number of aliphatic hydroxyl groups is 1. The van der Waals surface area contributed by atoms with Gasteiger partial charge in [0.1, 0.15) is 5.82 Å². The lowest BCUT2D eigenvalue weighted by molar-refractivity contribution is 0.113. The van der Waals surface area contributed by atoms with Crippen molar-refractivity contribution in [2.45, 2.75) is 30.4 Å². The molecule has 1 heterocycles. The zero-order valence-corrected chi connectivity index (χ0v) is 11.4. The van der Waals surface area contributed by atoms with E-state index in [-0.39, 0.29) is 4.90 Å². The monoisotopic (exact) mass is 288 g/mol. The van der Waals surface area contributed by atoms with Crippen molar-refractivity contribution in [3.63, 3.8) is 0 Å². The van der Waals surface area contributed by atoms with Gasteiger partial charge in [0.05, 0.1) is 17.0 Å². The van der Waals surface area contributed by atoms with Crippen LogP contribution >= 0.6 is 0 Å². The summed E-state index contributed by atoms with van der Waals surface area (Å²) in [6, 6.07) is 3.08. The predicted molar refractivity (Wildman–Crippen MR) is 68.7 cm³/mol. The van der Waals surface area contributed by atoms with Gasteiger partial charge in [-0.25, -0.2) is 17.5 Å². The first-order chi connectivity index (χ1) is 8.90. The molecule has 5 nitrogen and oxygen atoms in total. The van der Waals surface area contributed by atoms with E-state index in [2.05, 4.69) is 10.0 Å². The molecule has 0 amide bonds. The predicted octanol–water partition coefficient (Wildman–Crippen LogP) is 0.135. The Morgan fingerprint density at radius 1 is 1.47 bits per heavy atom. The number of hydrogen-bond donors (Lipinski definition) is 3. The van der Waals surface area contributed by atoms with E-state index in [1.807, 2.05) is 0 Å². The van der Waals surface area contributed by atoms with E-state index in [4.69, 9.17) is 0 Å². The highest BCUT2D eigenvalue weighted by Gasteiger charge is 2.28. The Morgan fingerprint density at radius 2 is 2.21 bits per heavy atom. The molecule has 7 heteroatoms. The maximum atomic E-state index is 13.2. The molecule has 106 valence electrons. The minimum atomic E-state index is -3.82. The fraction of sp³-hybridized carbons (Fsp3) is 0.500. The molecule has 2 rings (SSSR count). The number of piperidine rings is 1. The number of β-amino-alcohol motifs (C(OH)–C–C–N with tert-alkyl or cyclic N) is 1. The van der Waals surface area contributed by atoms with Gasteiger partial charge in [-0.05, 0) is 37.6 Å². The van der Waals surface area contributed by atoms with Gasteiger partial charge in [-0.3, -0.25) is 0 Å². The van der Waals surface area contributed by atoms with Crippen LogP contribution in [0.25, 0.3) is 0 Å². The number of sulfonamides is 1. The van der Waals surface area contributed by atoms with E-state index >= 15 is 0 Å². The highest BCUT2D eigenvalue weighted by molar-refractivity contribution is 7.89. The third-order valence-electron chi connectivity index (χ3n) is 3.20. The van der Waals surface area contributed by atoms with Crippen molar-refractivity contribution in [1.82, 2.24) is 10.0 Å². The minimum Gasteiger partial charge on any atom is -0.390 e. The maximum Gasteiger partial charge on any atom is 0.241 e. The lowest BCUT2D eigenvalue weighted by Gasteiger charge is -2.29. The summed E-state index contributed by atoms with van der Waals surface area (Å²) < 4.78 is 40.0. The molecule has 0 bridgehead atoms. The average molecular weight is 288 g/mol. The maximum absolute atomic E-state index is 13.2. The second-order valence-corrected chi connectivity index (χ2v) is 6.38. The van der Waals surface area contributed by atoms with E-state index in [9.17, 15) is 17.9 Å². The molecule has 0 saturated carbocycles. The second-order valence-electron chi connectivity index (χ2n) is 4.70. The first kappa shape index (κ1) is 14.4. The summed E-state index contributed by atoms with van der Waals surface area (Å²) in [6.45, 7) is 2.58. The number of halogens is 1. The number of benzene rings is 1. The molecule has 1 fully saturated rings. The summed E-state index contributed by atoms with van der Waals surface area (Å²) in [5.41, 5.74) is 0.470. The average Bonchev–Trinajstić information content (AvgIpc) is 2.35. The standard InChI is InChI=1S/C12H17FN2O3S/c1-8-2-3-9(13)6-12(8)19(17,18)15-10-4-5-14-7-11(10)16/h2-3,6,10-11,14-16H,4-5,7H2,1H3/t10-,11-/m1/s1. The molecule has 0 aliphatic carbocycles. The van der Waals surface area contributed by atoms with Crippen molar-refractivity contribution in [3.8, 4) is 0 Å². The van der Waals surface area contributed by atoms with Crippen molar-refractivity contribution in [3.05, 3.63) is 29.6 Å². The third kappa shape index (κ3) is 3.30. The van der Waals surface area contributed by atoms with Crippen LogP contribution in [0.5, 0.6) is 0 Å². The molecule has 19 heavy (non-hydrogen) atoms.